The number of hydrogen-bond donors (Lipinski definition) is 2. The summed E-state index contributed by atoms with van der Waals surface area (Å²) >= 11 is 0. The number of hydrogen-bond acceptors (Lipinski definition) is 3. The van der Waals surface area contributed by atoms with Gasteiger partial charge >= 0.3 is 0 Å². The van der Waals surface area contributed by atoms with Gasteiger partial charge in [-0.05, 0) is 49.9 Å². The molecule has 0 aliphatic carbocycles. The molecule has 1 saturated heterocycles. The first-order chi connectivity index (χ1) is 11.5. The van der Waals surface area contributed by atoms with E-state index in [2.05, 4.69) is 5.32 Å². The molecule has 1 aliphatic heterocycles. The highest BCUT2D eigenvalue weighted by molar-refractivity contribution is 5.96. The van der Waals surface area contributed by atoms with Crippen LogP contribution in [0.25, 0.3) is 0 Å². The molecule has 1 fully saturated rings. The van der Waals surface area contributed by atoms with Crippen molar-refractivity contribution in [1.82, 2.24) is 5.32 Å². The van der Waals surface area contributed by atoms with Gasteiger partial charge in [-0.25, -0.2) is 0 Å². The average Bonchev–Trinajstić information content (AvgIpc) is 2.64. The first-order valence-corrected chi connectivity index (χ1v) is 8.84. The molecule has 1 heterocycles. The molecule has 5 heteroatoms. The van der Waals surface area contributed by atoms with Crippen LogP contribution in [0, 0.1) is 5.41 Å². The van der Waals surface area contributed by atoms with Gasteiger partial charge in [0, 0.05) is 36.2 Å². The number of rotatable bonds is 7. The monoisotopic (exact) mass is 332 g/mol. The number of nitrogens with zero attached hydrogens (tertiary/aromatic N) is 1. The third-order valence-electron chi connectivity index (χ3n) is 5.22. The van der Waals surface area contributed by atoms with Crippen molar-refractivity contribution in [1.29, 1.82) is 0 Å². The molecule has 1 aromatic carbocycles. The lowest BCUT2D eigenvalue weighted by atomic mass is 9.83. The minimum Gasteiger partial charge on any atom is -0.396 e. The van der Waals surface area contributed by atoms with Crippen LogP contribution < -0.4 is 10.2 Å². The predicted molar refractivity (Wildman–Crippen MR) is 95.1 cm³/mol. The second-order valence-corrected chi connectivity index (χ2v) is 6.60. The van der Waals surface area contributed by atoms with Crippen LogP contribution in [0.5, 0.6) is 0 Å². The fourth-order valence-corrected chi connectivity index (χ4v) is 3.02. The van der Waals surface area contributed by atoms with Crippen molar-refractivity contribution in [2.75, 3.05) is 24.6 Å². The van der Waals surface area contributed by atoms with Crippen molar-refractivity contribution >= 4 is 17.5 Å². The number of aliphatic hydroxyl groups excluding tert-OH is 1. The summed E-state index contributed by atoms with van der Waals surface area (Å²) in [5.41, 5.74) is 1.17. The quantitative estimate of drug-likeness (QED) is 0.806. The lowest BCUT2D eigenvalue weighted by molar-refractivity contribution is -0.119. The Bertz CT molecular complexity index is 556. The average molecular weight is 332 g/mol. The summed E-state index contributed by atoms with van der Waals surface area (Å²) in [5.74, 6) is 0.00307. The fourth-order valence-electron chi connectivity index (χ4n) is 3.02. The predicted octanol–water partition coefficient (Wildman–Crippen LogP) is 2.73. The molecule has 132 valence electrons. The highest BCUT2D eigenvalue weighted by Crippen LogP contribution is 2.25. The topological polar surface area (TPSA) is 69.6 Å². The van der Waals surface area contributed by atoms with E-state index in [9.17, 15) is 14.7 Å². The Labute approximate surface area is 144 Å². The zero-order valence-corrected chi connectivity index (χ0v) is 14.7. The normalized spacial score (nSPS) is 15.5. The summed E-state index contributed by atoms with van der Waals surface area (Å²) in [6.07, 6.45) is 4.20. The van der Waals surface area contributed by atoms with Crippen molar-refractivity contribution in [3.63, 3.8) is 0 Å². The van der Waals surface area contributed by atoms with Crippen molar-refractivity contribution in [3.05, 3.63) is 29.8 Å². The molecule has 0 saturated carbocycles. The van der Waals surface area contributed by atoms with Gasteiger partial charge in [-0.15, -0.1) is 0 Å². The van der Waals surface area contributed by atoms with Crippen LogP contribution in [0.15, 0.2) is 24.3 Å². The van der Waals surface area contributed by atoms with Crippen LogP contribution in [-0.2, 0) is 4.79 Å². The molecule has 0 radical (unpaired) electrons. The first-order valence-electron chi connectivity index (χ1n) is 8.84. The van der Waals surface area contributed by atoms with Gasteiger partial charge in [-0.3, -0.25) is 9.59 Å². The van der Waals surface area contributed by atoms with E-state index in [1.54, 1.807) is 17.0 Å². The molecule has 0 atom stereocenters. The van der Waals surface area contributed by atoms with E-state index in [-0.39, 0.29) is 23.8 Å². The number of anilines is 1. The second-order valence-electron chi connectivity index (χ2n) is 6.60. The van der Waals surface area contributed by atoms with E-state index in [1.807, 2.05) is 26.0 Å². The zero-order valence-electron chi connectivity index (χ0n) is 14.7. The van der Waals surface area contributed by atoms with Crippen molar-refractivity contribution in [2.24, 2.45) is 5.41 Å². The van der Waals surface area contributed by atoms with Gasteiger partial charge < -0.3 is 15.3 Å². The molecular weight excluding hydrogens is 304 g/mol. The molecule has 0 spiro atoms. The largest absolute Gasteiger partial charge is 0.396 e. The third-order valence-corrected chi connectivity index (χ3v) is 5.22. The van der Waals surface area contributed by atoms with Gasteiger partial charge in [0.25, 0.3) is 5.91 Å². The Balaban J connectivity index is 1.99. The van der Waals surface area contributed by atoms with Crippen molar-refractivity contribution < 1.29 is 14.7 Å². The third kappa shape index (κ3) is 4.15. The maximum absolute atomic E-state index is 12.3. The van der Waals surface area contributed by atoms with Gasteiger partial charge in [0.05, 0.1) is 6.61 Å². The number of carbonyl (C=O) groups is 2. The van der Waals surface area contributed by atoms with Crippen molar-refractivity contribution in [3.8, 4) is 0 Å². The molecule has 0 bridgehead atoms. The van der Waals surface area contributed by atoms with Crippen LogP contribution in [-0.4, -0.2) is 36.6 Å². The minimum absolute atomic E-state index is 0.0658. The molecule has 2 rings (SSSR count). The molecule has 1 aromatic rings. The van der Waals surface area contributed by atoms with E-state index < -0.39 is 0 Å². The number of amides is 2. The van der Waals surface area contributed by atoms with Gasteiger partial charge in [-0.1, -0.05) is 13.8 Å². The summed E-state index contributed by atoms with van der Waals surface area (Å²) in [7, 11) is 0. The smallest absolute Gasteiger partial charge is 0.251 e. The Morgan fingerprint density at radius 2 is 1.88 bits per heavy atom. The van der Waals surface area contributed by atoms with Crippen LogP contribution in [0.3, 0.4) is 0 Å². The summed E-state index contributed by atoms with van der Waals surface area (Å²) in [6, 6.07) is 7.17. The van der Waals surface area contributed by atoms with Crippen LogP contribution in [0.2, 0.25) is 0 Å². The Morgan fingerprint density at radius 3 is 2.42 bits per heavy atom. The molecule has 2 amide bonds. The van der Waals surface area contributed by atoms with Gasteiger partial charge in [-0.2, -0.15) is 0 Å². The van der Waals surface area contributed by atoms with E-state index in [4.69, 9.17) is 0 Å². The van der Waals surface area contributed by atoms with Gasteiger partial charge in [0.2, 0.25) is 5.91 Å². The molecule has 5 nitrogen and oxygen atoms in total. The van der Waals surface area contributed by atoms with Crippen molar-refractivity contribution in [2.45, 2.75) is 46.0 Å². The lowest BCUT2D eigenvalue weighted by Crippen LogP contribution is -2.39. The highest BCUT2D eigenvalue weighted by Gasteiger charge is 2.26. The van der Waals surface area contributed by atoms with E-state index in [0.717, 1.165) is 37.9 Å². The number of carbonyl (C=O) groups excluding carboxylic acids is 2. The summed E-state index contributed by atoms with van der Waals surface area (Å²) < 4.78 is 0. The van der Waals surface area contributed by atoms with Crippen LogP contribution in [0.1, 0.15) is 56.3 Å². The van der Waals surface area contributed by atoms with Gasteiger partial charge in [0.1, 0.15) is 0 Å². The summed E-state index contributed by atoms with van der Waals surface area (Å²) in [4.78, 5) is 26.1. The Morgan fingerprint density at radius 1 is 1.21 bits per heavy atom. The van der Waals surface area contributed by atoms with Crippen LogP contribution >= 0.6 is 0 Å². The van der Waals surface area contributed by atoms with Gasteiger partial charge in [0.15, 0.2) is 0 Å². The molecule has 1 aliphatic rings. The Hall–Kier alpha value is -1.88. The molecule has 0 aromatic heterocycles. The number of piperidine rings is 1. The Kier molecular flexibility index (Phi) is 6.37. The number of benzene rings is 1. The molecule has 0 unspecified atom stereocenters. The van der Waals surface area contributed by atoms with E-state index >= 15 is 0 Å². The molecule has 24 heavy (non-hydrogen) atoms. The number of aliphatic hydroxyl groups is 1. The minimum atomic E-state index is -0.254. The highest BCUT2D eigenvalue weighted by atomic mass is 16.3. The maximum Gasteiger partial charge on any atom is 0.251 e. The fraction of sp³-hybridized carbons (Fsp3) is 0.579. The maximum atomic E-state index is 12.3. The molecular formula is C19H28N2O3. The zero-order chi connectivity index (χ0) is 17.6. The van der Waals surface area contributed by atoms with Crippen LogP contribution in [0.4, 0.5) is 5.69 Å². The first kappa shape index (κ1) is 18.5. The summed E-state index contributed by atoms with van der Waals surface area (Å²) in [5, 5.41) is 12.5. The van der Waals surface area contributed by atoms with E-state index in [1.165, 1.54) is 0 Å². The molecule has 2 N–H and O–H groups in total. The lowest BCUT2D eigenvalue weighted by Gasteiger charge is -2.29. The number of nitrogens with one attached hydrogen (secondary N) is 1. The van der Waals surface area contributed by atoms with E-state index in [0.29, 0.717) is 18.5 Å². The summed E-state index contributed by atoms with van der Waals surface area (Å²) in [6.45, 7) is 5.32. The SMILES string of the molecule is CCC(CC)(CO)CNC(=O)c1ccc(N2CCCCC2=O)cc1. The second kappa shape index (κ2) is 8.29. The standard InChI is InChI=1S/C19H28N2O3/c1-3-19(4-2,14-22)13-20-18(24)15-8-10-16(11-9-15)21-12-6-5-7-17(21)23/h8-11,22H,3-7,12-14H2,1-2H3,(H,20,24).